The van der Waals surface area contributed by atoms with E-state index in [9.17, 15) is 9.59 Å². The average Bonchev–Trinajstić information content (AvgIpc) is 2.94. The van der Waals surface area contributed by atoms with Crippen molar-refractivity contribution in [1.82, 2.24) is 10.2 Å². The maximum Gasteiger partial charge on any atom is 0.249 e. The number of amides is 2. The van der Waals surface area contributed by atoms with Gasteiger partial charge in [0, 0.05) is 13.7 Å². The maximum absolute atomic E-state index is 13.0. The number of carbonyl (C=O) groups is 2. The van der Waals surface area contributed by atoms with E-state index in [2.05, 4.69) is 5.32 Å². The molecule has 1 saturated carbocycles. The second-order valence-corrected chi connectivity index (χ2v) is 5.93. The Morgan fingerprint density at radius 3 is 2.30 bits per heavy atom. The van der Waals surface area contributed by atoms with E-state index in [0.29, 0.717) is 26.0 Å². The molecular weight excluding hydrogens is 256 g/mol. The zero-order valence-electron chi connectivity index (χ0n) is 12.8. The molecule has 0 atom stereocenters. The van der Waals surface area contributed by atoms with Crippen molar-refractivity contribution in [2.45, 2.75) is 63.5 Å². The number of nitrogens with zero attached hydrogens (tertiary/aromatic N) is 1. The smallest absolute Gasteiger partial charge is 0.249 e. The molecule has 114 valence electrons. The number of hydrogen-bond acceptors (Lipinski definition) is 3. The number of piperazine rings is 1. The van der Waals surface area contributed by atoms with Gasteiger partial charge in [0.05, 0.1) is 6.61 Å². The van der Waals surface area contributed by atoms with Crippen LogP contribution in [0.1, 0.15) is 52.4 Å². The first-order chi connectivity index (χ1) is 9.56. The van der Waals surface area contributed by atoms with Crippen LogP contribution in [0.15, 0.2) is 0 Å². The molecule has 0 bridgehead atoms. The van der Waals surface area contributed by atoms with Gasteiger partial charge in [0.15, 0.2) is 0 Å². The van der Waals surface area contributed by atoms with E-state index in [-0.39, 0.29) is 11.8 Å². The lowest BCUT2D eigenvalue weighted by Gasteiger charge is -2.51. The van der Waals surface area contributed by atoms with Gasteiger partial charge in [0.25, 0.3) is 0 Å². The second kappa shape index (κ2) is 5.72. The van der Waals surface area contributed by atoms with Gasteiger partial charge in [-0.1, -0.05) is 26.7 Å². The Labute approximate surface area is 121 Å². The molecule has 1 spiro atoms. The highest BCUT2D eigenvalue weighted by molar-refractivity contribution is 6.02. The highest BCUT2D eigenvalue weighted by Gasteiger charge is 2.57. The largest absolute Gasteiger partial charge is 0.383 e. The Morgan fingerprint density at radius 1 is 1.20 bits per heavy atom. The van der Waals surface area contributed by atoms with Gasteiger partial charge in [-0.05, 0) is 25.7 Å². The number of hydrogen-bond donors (Lipinski definition) is 1. The first-order valence-corrected chi connectivity index (χ1v) is 7.70. The van der Waals surface area contributed by atoms with E-state index in [1.54, 1.807) is 7.11 Å². The number of carbonyl (C=O) groups excluding carboxylic acids is 2. The van der Waals surface area contributed by atoms with Crippen molar-refractivity contribution < 1.29 is 14.3 Å². The predicted molar refractivity (Wildman–Crippen MR) is 76.2 cm³/mol. The summed E-state index contributed by atoms with van der Waals surface area (Å²) in [5, 5.41) is 3.05. The lowest BCUT2D eigenvalue weighted by Crippen LogP contribution is -2.75. The van der Waals surface area contributed by atoms with Crippen molar-refractivity contribution in [2.75, 3.05) is 20.3 Å². The molecule has 2 fully saturated rings. The summed E-state index contributed by atoms with van der Waals surface area (Å²) in [5.41, 5.74) is -1.35. The molecule has 2 rings (SSSR count). The van der Waals surface area contributed by atoms with E-state index in [0.717, 1.165) is 25.7 Å². The normalized spacial score (nSPS) is 24.2. The Kier molecular flexibility index (Phi) is 4.37. The standard InChI is InChI=1S/C15H26N2O3/c1-4-14(5-2)13(19)17(10-11-20-3)15(12(18)16-14)8-6-7-9-15/h4-11H2,1-3H3,(H,16,18). The van der Waals surface area contributed by atoms with Crippen LogP contribution in [0.4, 0.5) is 0 Å². The summed E-state index contributed by atoms with van der Waals surface area (Å²) in [6.07, 6.45) is 4.84. The maximum atomic E-state index is 13.0. The number of methoxy groups -OCH3 is 1. The summed E-state index contributed by atoms with van der Waals surface area (Å²) in [6, 6.07) is 0. The third-order valence-corrected chi connectivity index (χ3v) is 5.10. The Morgan fingerprint density at radius 2 is 1.80 bits per heavy atom. The van der Waals surface area contributed by atoms with Gasteiger partial charge < -0.3 is 15.0 Å². The molecule has 0 unspecified atom stereocenters. The van der Waals surface area contributed by atoms with Crippen molar-refractivity contribution in [3.8, 4) is 0 Å². The molecule has 0 aromatic rings. The molecule has 5 heteroatoms. The third-order valence-electron chi connectivity index (χ3n) is 5.10. The number of rotatable bonds is 5. The summed E-state index contributed by atoms with van der Waals surface area (Å²) in [5.74, 6) is 0.107. The monoisotopic (exact) mass is 282 g/mol. The minimum Gasteiger partial charge on any atom is -0.383 e. The lowest BCUT2D eigenvalue weighted by atomic mass is 9.81. The molecule has 0 aromatic heterocycles. The minimum atomic E-state index is -0.724. The van der Waals surface area contributed by atoms with Gasteiger partial charge >= 0.3 is 0 Å². The molecule has 1 N–H and O–H groups in total. The lowest BCUT2D eigenvalue weighted by molar-refractivity contribution is -0.164. The fraction of sp³-hybridized carbons (Fsp3) is 0.867. The van der Waals surface area contributed by atoms with Crippen molar-refractivity contribution in [3.63, 3.8) is 0 Å². The Hall–Kier alpha value is -1.10. The first-order valence-electron chi connectivity index (χ1n) is 7.70. The van der Waals surface area contributed by atoms with E-state index >= 15 is 0 Å². The first kappa shape index (κ1) is 15.3. The quantitative estimate of drug-likeness (QED) is 0.830. The zero-order valence-corrected chi connectivity index (χ0v) is 12.8. The van der Waals surface area contributed by atoms with Crippen LogP contribution in [0, 0.1) is 0 Å². The fourth-order valence-electron chi connectivity index (χ4n) is 3.65. The predicted octanol–water partition coefficient (Wildman–Crippen LogP) is 1.46. The molecule has 1 aliphatic carbocycles. The number of nitrogens with one attached hydrogen (secondary N) is 1. The van der Waals surface area contributed by atoms with Crippen molar-refractivity contribution in [3.05, 3.63) is 0 Å². The van der Waals surface area contributed by atoms with Gasteiger partial charge in [0.1, 0.15) is 11.1 Å². The molecule has 0 radical (unpaired) electrons. The summed E-state index contributed by atoms with van der Waals surface area (Å²) >= 11 is 0. The molecular formula is C15H26N2O3. The van der Waals surface area contributed by atoms with Crippen LogP contribution in [-0.2, 0) is 14.3 Å². The Balaban J connectivity index is 2.36. The molecule has 0 aromatic carbocycles. The summed E-state index contributed by atoms with van der Waals surface area (Å²) in [7, 11) is 1.63. The van der Waals surface area contributed by atoms with Crippen LogP contribution in [-0.4, -0.2) is 48.1 Å². The molecule has 2 amide bonds. The minimum absolute atomic E-state index is 0.0365. The van der Waals surface area contributed by atoms with Crippen LogP contribution in [0.5, 0.6) is 0 Å². The zero-order chi connectivity index (χ0) is 14.8. The van der Waals surface area contributed by atoms with Crippen LogP contribution in [0.25, 0.3) is 0 Å². The third kappa shape index (κ3) is 2.12. The molecule has 5 nitrogen and oxygen atoms in total. The second-order valence-electron chi connectivity index (χ2n) is 5.93. The molecule has 1 saturated heterocycles. The van der Waals surface area contributed by atoms with Gasteiger partial charge in [-0.15, -0.1) is 0 Å². The van der Waals surface area contributed by atoms with Crippen LogP contribution in [0.3, 0.4) is 0 Å². The van der Waals surface area contributed by atoms with Gasteiger partial charge in [-0.2, -0.15) is 0 Å². The van der Waals surface area contributed by atoms with Crippen LogP contribution < -0.4 is 5.32 Å². The van der Waals surface area contributed by atoms with E-state index in [1.807, 2.05) is 18.7 Å². The van der Waals surface area contributed by atoms with Gasteiger partial charge in [-0.25, -0.2) is 0 Å². The van der Waals surface area contributed by atoms with Crippen LogP contribution >= 0.6 is 0 Å². The SMILES string of the molecule is CCC1(CC)NC(=O)C2(CCCC2)N(CCOC)C1=O. The van der Waals surface area contributed by atoms with E-state index in [4.69, 9.17) is 4.74 Å². The van der Waals surface area contributed by atoms with Crippen LogP contribution in [0.2, 0.25) is 0 Å². The van der Waals surface area contributed by atoms with Gasteiger partial charge in [0.2, 0.25) is 11.8 Å². The van der Waals surface area contributed by atoms with Crippen molar-refractivity contribution in [2.24, 2.45) is 0 Å². The molecule has 20 heavy (non-hydrogen) atoms. The summed E-state index contributed by atoms with van der Waals surface area (Å²) in [6.45, 7) is 4.90. The highest BCUT2D eigenvalue weighted by Crippen LogP contribution is 2.41. The van der Waals surface area contributed by atoms with Crippen molar-refractivity contribution >= 4 is 11.8 Å². The summed E-state index contributed by atoms with van der Waals surface area (Å²) in [4.78, 5) is 27.5. The van der Waals surface area contributed by atoms with E-state index in [1.165, 1.54) is 0 Å². The topological polar surface area (TPSA) is 58.6 Å². The summed E-state index contributed by atoms with van der Waals surface area (Å²) < 4.78 is 5.14. The molecule has 2 aliphatic rings. The molecule has 1 heterocycles. The fourth-order valence-corrected chi connectivity index (χ4v) is 3.65. The van der Waals surface area contributed by atoms with Crippen molar-refractivity contribution in [1.29, 1.82) is 0 Å². The number of ether oxygens (including phenoxy) is 1. The molecule has 1 aliphatic heterocycles. The Bertz CT molecular complexity index is 385. The van der Waals surface area contributed by atoms with E-state index < -0.39 is 11.1 Å². The average molecular weight is 282 g/mol. The van der Waals surface area contributed by atoms with Gasteiger partial charge in [-0.3, -0.25) is 9.59 Å². The highest BCUT2D eigenvalue weighted by atomic mass is 16.5.